The number of benzene rings is 1. The van der Waals surface area contributed by atoms with Gasteiger partial charge in [0.25, 0.3) is 0 Å². The van der Waals surface area contributed by atoms with Crippen LogP contribution in [0.2, 0.25) is 0 Å². The molecular weight excluding hydrogens is 210 g/mol. The van der Waals surface area contributed by atoms with Crippen molar-refractivity contribution >= 4 is 11.7 Å². The van der Waals surface area contributed by atoms with E-state index in [4.69, 9.17) is 0 Å². The number of nitrogens with zero attached hydrogens (tertiary/aromatic N) is 2. The van der Waals surface area contributed by atoms with Gasteiger partial charge in [-0.2, -0.15) is 0 Å². The number of allylic oxidation sites excluding steroid dienone is 1. The Morgan fingerprint density at radius 3 is 2.69 bits per heavy atom. The molecule has 0 unspecified atom stereocenters. The van der Waals surface area contributed by atoms with Crippen molar-refractivity contribution < 1.29 is 9.63 Å². The maximum absolute atomic E-state index is 11.4. The molecule has 1 saturated heterocycles. The van der Waals surface area contributed by atoms with E-state index in [1.54, 1.807) is 24.3 Å². The molecule has 1 N–H and O–H groups in total. The molecule has 1 fully saturated rings. The third-order valence-corrected chi connectivity index (χ3v) is 2.14. The van der Waals surface area contributed by atoms with Crippen LogP contribution in [0.4, 0.5) is 5.69 Å². The lowest BCUT2D eigenvalue weighted by atomic mass is 10.2. The number of rotatable bonds is 2. The Labute approximate surface area is 91.4 Å². The van der Waals surface area contributed by atoms with Crippen LogP contribution in [0.25, 0.3) is 0 Å². The van der Waals surface area contributed by atoms with E-state index < -0.39 is 5.97 Å². The van der Waals surface area contributed by atoms with Crippen molar-refractivity contribution in [3.05, 3.63) is 46.6 Å². The zero-order chi connectivity index (χ0) is 11.5. The lowest BCUT2D eigenvalue weighted by Gasteiger charge is -2.15. The average Bonchev–Trinajstić information content (AvgIpc) is 2.71. The number of para-hydroxylation sites is 1. The molecule has 0 spiro atoms. The zero-order valence-electron chi connectivity index (χ0n) is 8.51. The smallest absolute Gasteiger partial charge is 0.345 e. The van der Waals surface area contributed by atoms with Crippen LogP contribution >= 0.6 is 0 Å². The summed E-state index contributed by atoms with van der Waals surface area (Å²) in [6.45, 7) is 1.45. The van der Waals surface area contributed by atoms with Gasteiger partial charge in [-0.05, 0) is 24.2 Å². The topological polar surface area (TPSA) is 71.0 Å². The molecule has 82 valence electrons. The number of anilines is 1. The summed E-state index contributed by atoms with van der Waals surface area (Å²) in [5.41, 5.74) is 3.27. The van der Waals surface area contributed by atoms with E-state index >= 15 is 0 Å². The van der Waals surface area contributed by atoms with Crippen molar-refractivity contribution in [2.24, 2.45) is 5.18 Å². The summed E-state index contributed by atoms with van der Waals surface area (Å²) in [6.07, 6.45) is 0. The molecule has 6 heteroatoms. The lowest BCUT2D eigenvalue weighted by molar-refractivity contribution is -0.140. The lowest BCUT2D eigenvalue weighted by Crippen LogP contribution is -2.28. The second-order valence-electron chi connectivity index (χ2n) is 3.18. The van der Waals surface area contributed by atoms with Crippen LogP contribution in [0.5, 0.6) is 0 Å². The summed E-state index contributed by atoms with van der Waals surface area (Å²) in [5, 5.41) is 4.12. The van der Waals surface area contributed by atoms with Crippen LogP contribution in [-0.2, 0) is 9.63 Å². The van der Waals surface area contributed by atoms with Crippen LogP contribution < -0.4 is 10.6 Å². The molecule has 0 amide bonds. The average molecular weight is 219 g/mol. The van der Waals surface area contributed by atoms with E-state index in [0.717, 1.165) is 0 Å². The molecule has 0 bridgehead atoms. The second kappa shape index (κ2) is 4.11. The first kappa shape index (κ1) is 10.3. The fourth-order valence-electron chi connectivity index (χ4n) is 1.38. The minimum atomic E-state index is -0.624. The number of hydrogen-bond acceptors (Lipinski definition) is 6. The van der Waals surface area contributed by atoms with Crippen LogP contribution in [0.1, 0.15) is 6.92 Å². The molecule has 1 aliphatic heterocycles. The molecule has 16 heavy (non-hydrogen) atoms. The van der Waals surface area contributed by atoms with Crippen molar-refractivity contribution in [3.8, 4) is 0 Å². The van der Waals surface area contributed by atoms with Crippen LogP contribution in [-0.4, -0.2) is 5.97 Å². The van der Waals surface area contributed by atoms with Gasteiger partial charge in [0.1, 0.15) is 5.70 Å². The number of hydrazine groups is 1. The molecule has 2 rings (SSSR count). The second-order valence-corrected chi connectivity index (χ2v) is 3.18. The Kier molecular flexibility index (Phi) is 2.65. The maximum atomic E-state index is 11.4. The summed E-state index contributed by atoms with van der Waals surface area (Å²) < 4.78 is 0. The van der Waals surface area contributed by atoms with E-state index in [0.29, 0.717) is 5.69 Å². The van der Waals surface area contributed by atoms with Gasteiger partial charge in [0.2, 0.25) is 0 Å². The molecule has 1 aromatic rings. The summed E-state index contributed by atoms with van der Waals surface area (Å²) in [5.74, 6) is -0.624. The van der Waals surface area contributed by atoms with Gasteiger partial charge in [0, 0.05) is 0 Å². The first-order valence-electron chi connectivity index (χ1n) is 4.60. The molecule has 0 atom stereocenters. The molecular formula is C10H9N3O3. The predicted octanol–water partition coefficient (Wildman–Crippen LogP) is 1.47. The normalized spacial score (nSPS) is 18.3. The number of nitrogens with one attached hydrogen (secondary N) is 1. The quantitative estimate of drug-likeness (QED) is 0.602. The molecule has 0 saturated carbocycles. The molecule has 1 aromatic carbocycles. The van der Waals surface area contributed by atoms with Crippen molar-refractivity contribution in [3.63, 3.8) is 0 Å². The molecule has 1 heterocycles. The number of nitroso groups, excluding NO2 is 1. The Balaban J connectivity index is 2.43. The summed E-state index contributed by atoms with van der Waals surface area (Å²) in [7, 11) is 0. The first-order valence-corrected chi connectivity index (χ1v) is 4.60. The monoisotopic (exact) mass is 219 g/mol. The van der Waals surface area contributed by atoms with Crippen molar-refractivity contribution in [2.75, 3.05) is 5.01 Å². The largest absolute Gasteiger partial charge is 0.378 e. The summed E-state index contributed by atoms with van der Waals surface area (Å²) in [4.78, 5) is 26.5. The Morgan fingerprint density at radius 1 is 1.38 bits per heavy atom. The number of hydrogen-bond donors (Lipinski definition) is 1. The van der Waals surface area contributed by atoms with Gasteiger partial charge in [-0.15, -0.1) is 4.91 Å². The van der Waals surface area contributed by atoms with Gasteiger partial charge >= 0.3 is 5.97 Å². The standard InChI is InChI=1S/C10H9N3O3/c1-7(11-15)9-10(14)16-12-13(9)8-5-3-2-4-6-8/h2-6,12H,1H3/b9-7+. The molecule has 0 aliphatic carbocycles. The highest BCUT2D eigenvalue weighted by Crippen LogP contribution is 2.23. The fourth-order valence-corrected chi connectivity index (χ4v) is 1.38. The molecule has 1 aliphatic rings. The van der Waals surface area contributed by atoms with Crippen molar-refractivity contribution in [1.82, 2.24) is 5.59 Å². The van der Waals surface area contributed by atoms with Gasteiger partial charge in [-0.1, -0.05) is 23.8 Å². The minimum Gasteiger partial charge on any atom is -0.345 e. The maximum Gasteiger partial charge on any atom is 0.378 e. The number of carbonyl (C=O) groups excluding carboxylic acids is 1. The van der Waals surface area contributed by atoms with Gasteiger partial charge in [0.05, 0.1) is 5.69 Å². The summed E-state index contributed by atoms with van der Waals surface area (Å²) in [6, 6.07) is 9.00. The fraction of sp³-hybridized carbons (Fsp3) is 0.100. The van der Waals surface area contributed by atoms with Crippen molar-refractivity contribution in [1.29, 1.82) is 0 Å². The van der Waals surface area contributed by atoms with E-state index in [9.17, 15) is 9.70 Å². The molecule has 6 nitrogen and oxygen atoms in total. The van der Waals surface area contributed by atoms with Gasteiger partial charge in [-0.25, -0.2) is 9.80 Å². The van der Waals surface area contributed by atoms with Crippen LogP contribution in [0.3, 0.4) is 0 Å². The van der Waals surface area contributed by atoms with Crippen molar-refractivity contribution in [2.45, 2.75) is 6.92 Å². The Bertz CT molecular complexity index is 456. The van der Waals surface area contributed by atoms with Gasteiger partial charge in [-0.3, -0.25) is 0 Å². The summed E-state index contributed by atoms with van der Waals surface area (Å²) >= 11 is 0. The third kappa shape index (κ3) is 1.66. The Morgan fingerprint density at radius 2 is 2.06 bits per heavy atom. The van der Waals surface area contributed by atoms with Gasteiger partial charge < -0.3 is 4.84 Å². The Hall–Kier alpha value is -2.21. The van der Waals surface area contributed by atoms with Gasteiger partial charge in [0.15, 0.2) is 5.70 Å². The highest BCUT2D eigenvalue weighted by atomic mass is 16.7. The molecule has 0 radical (unpaired) electrons. The first-order chi connectivity index (χ1) is 7.74. The predicted molar refractivity (Wildman–Crippen MR) is 56.6 cm³/mol. The third-order valence-electron chi connectivity index (χ3n) is 2.14. The molecule has 0 aromatic heterocycles. The van der Waals surface area contributed by atoms with E-state index in [-0.39, 0.29) is 11.4 Å². The minimum absolute atomic E-state index is 0.0684. The van der Waals surface area contributed by atoms with E-state index in [1.807, 2.05) is 6.07 Å². The van der Waals surface area contributed by atoms with Crippen LogP contribution in [0.15, 0.2) is 46.9 Å². The highest BCUT2D eigenvalue weighted by Gasteiger charge is 2.31. The van der Waals surface area contributed by atoms with E-state index in [2.05, 4.69) is 15.6 Å². The zero-order valence-corrected chi connectivity index (χ0v) is 8.51. The van der Waals surface area contributed by atoms with Crippen LogP contribution in [0, 0.1) is 4.91 Å². The highest BCUT2D eigenvalue weighted by molar-refractivity contribution is 5.95. The van der Waals surface area contributed by atoms with E-state index in [1.165, 1.54) is 11.9 Å². The number of carbonyl (C=O) groups is 1. The SMILES string of the molecule is C/C(N=O)=C1/C(=O)ONN1c1ccccc1.